The summed E-state index contributed by atoms with van der Waals surface area (Å²) in [5, 5.41) is 20.7. The van der Waals surface area contributed by atoms with Crippen molar-refractivity contribution in [2.75, 3.05) is 80.3 Å². The molecule has 4 heterocycles. The summed E-state index contributed by atoms with van der Waals surface area (Å²) in [6.45, 7) is 4.91. The maximum atomic E-state index is 14.0. The van der Waals surface area contributed by atoms with Crippen molar-refractivity contribution in [3.63, 3.8) is 0 Å². The number of benzene rings is 2. The van der Waals surface area contributed by atoms with Crippen molar-refractivity contribution < 1.29 is 62.3 Å². The third kappa shape index (κ3) is 10.5. The van der Waals surface area contributed by atoms with E-state index in [0.29, 0.717) is 66.1 Å². The molecule has 24 nitrogen and oxygen atoms in total. The number of carbonyl (C=O) groups excluding carboxylic acids is 6. The number of nitrogens with one attached hydrogen (secondary N) is 3. The first kappa shape index (κ1) is 57.1. The van der Waals surface area contributed by atoms with Gasteiger partial charge in [0.2, 0.25) is 28.9 Å². The number of unbranched alkanes of at least 4 members (excludes halogenated alkanes) is 1. The van der Waals surface area contributed by atoms with Gasteiger partial charge >= 0.3 is 0 Å². The van der Waals surface area contributed by atoms with Crippen LogP contribution in [-0.2, 0) is 9.47 Å². The summed E-state index contributed by atoms with van der Waals surface area (Å²) in [6, 6.07) is 14.0. The largest absolute Gasteiger partial charge is 0.504 e. The van der Waals surface area contributed by atoms with Gasteiger partial charge in [0.15, 0.2) is 34.5 Å². The maximum absolute atomic E-state index is 14.0. The molecule has 2 aromatic carbocycles. The third-order valence-electron chi connectivity index (χ3n) is 13.7. The van der Waals surface area contributed by atoms with E-state index in [-0.39, 0.29) is 121 Å². The Balaban J connectivity index is 0.934. The molecule has 24 heteroatoms. The standard InChI is InChI=1S/C57H59N11O13/c1-25-36(27-12-18-33(76-3)35(24-27)78-5)38(58)46(31-16-13-29-44(65-31)51(72)40(60)54(80-7)49(29)70)67-42(25)56(74)63-22-10-9-20-62-21-11-23-64-57(75)43-26(2)37(28-15-19-34(77-4)53(79-6)48(28)69)39(59)47(68-43)32-17-14-30-45(66-32)52(73)41(61)55(81-8)50(30)71/h12-19,24,62,69H,9-11,20-23,58-61H2,1-8H3,(H,63,74)(H,64,75). The minimum Gasteiger partial charge on any atom is -0.504 e. The molecule has 2 amide bonds. The van der Waals surface area contributed by atoms with Crippen LogP contribution in [0, 0.1) is 13.8 Å². The number of amides is 2. The normalized spacial score (nSPS) is 12.9. The van der Waals surface area contributed by atoms with Crippen molar-refractivity contribution >= 4 is 46.3 Å². The predicted octanol–water partition coefficient (Wildman–Crippen LogP) is 4.77. The third-order valence-corrected chi connectivity index (χ3v) is 13.7. The Morgan fingerprint density at radius 2 is 0.951 bits per heavy atom. The molecule has 0 atom stereocenters. The molecule has 12 N–H and O–H groups in total. The first-order valence-corrected chi connectivity index (χ1v) is 25.2. The SMILES string of the molecule is COC1=C(N)C(=O)c2nc(-c3nc(C(=O)NCCCCNCCCNC(=O)c4nc(-c5ccc6c(n5)C(=O)C(N)=C(OC)C6=O)c(N)c(-c5ccc(OC)c(OC)c5O)c4C)c(C)c(-c4ccc(OC)c(OC)c4)c3N)ccc2C1=O. The van der Waals surface area contributed by atoms with E-state index in [0.717, 1.165) is 0 Å². The summed E-state index contributed by atoms with van der Waals surface area (Å²) >= 11 is 0. The quantitative estimate of drug-likeness (QED) is 0.0450. The Hall–Kier alpha value is -10.1. The molecular formula is C57H59N11O13. The van der Waals surface area contributed by atoms with Crippen molar-refractivity contribution in [2.24, 2.45) is 11.5 Å². The number of carbonyl (C=O) groups is 6. The van der Waals surface area contributed by atoms with Gasteiger partial charge in [-0.25, -0.2) is 19.9 Å². The first-order valence-electron chi connectivity index (χ1n) is 25.2. The summed E-state index contributed by atoms with van der Waals surface area (Å²) < 4.78 is 32.0. The molecule has 6 aromatic rings. The van der Waals surface area contributed by atoms with Crippen molar-refractivity contribution in [2.45, 2.75) is 33.1 Å². The van der Waals surface area contributed by atoms with E-state index in [2.05, 4.69) is 30.9 Å². The van der Waals surface area contributed by atoms with Gasteiger partial charge < -0.3 is 72.4 Å². The minimum atomic E-state index is -0.750. The van der Waals surface area contributed by atoms with E-state index in [9.17, 15) is 33.9 Å². The number of fused-ring (bicyclic) bond motifs is 2. The van der Waals surface area contributed by atoms with E-state index < -0.39 is 46.3 Å². The molecule has 2 aliphatic carbocycles. The Bertz CT molecular complexity index is 3690. The van der Waals surface area contributed by atoms with Gasteiger partial charge in [0.25, 0.3) is 11.8 Å². The Morgan fingerprint density at radius 1 is 0.494 bits per heavy atom. The van der Waals surface area contributed by atoms with Gasteiger partial charge in [0, 0.05) is 29.8 Å². The Morgan fingerprint density at radius 3 is 1.46 bits per heavy atom. The number of anilines is 2. The number of aromatic nitrogens is 4. The molecule has 0 fully saturated rings. The zero-order valence-corrected chi connectivity index (χ0v) is 45.6. The topological polar surface area (TPSA) is 370 Å². The van der Waals surface area contributed by atoms with Crippen LogP contribution in [0.1, 0.15) is 93.1 Å². The molecule has 0 saturated heterocycles. The van der Waals surface area contributed by atoms with Crippen LogP contribution in [0.4, 0.5) is 11.4 Å². The maximum Gasteiger partial charge on any atom is 0.270 e. The molecule has 0 unspecified atom stereocenters. The molecule has 0 bridgehead atoms. The van der Waals surface area contributed by atoms with Gasteiger partial charge in [-0.3, -0.25) is 28.8 Å². The number of pyridine rings is 4. The fourth-order valence-electron chi connectivity index (χ4n) is 9.58. The number of ether oxygens (including phenoxy) is 6. The molecule has 0 spiro atoms. The molecule has 4 aromatic heterocycles. The van der Waals surface area contributed by atoms with Gasteiger partial charge in [-0.15, -0.1) is 0 Å². The summed E-state index contributed by atoms with van der Waals surface area (Å²) in [5.74, 6) is -3.60. The highest BCUT2D eigenvalue weighted by atomic mass is 16.5. The van der Waals surface area contributed by atoms with Crippen LogP contribution >= 0.6 is 0 Å². The number of Topliss-reactive ketones (excluding diaryl/α,β-unsaturated/α-hetero) is 4. The number of allylic oxidation sites excluding steroid dienone is 4. The van der Waals surface area contributed by atoms with Gasteiger partial charge in [0.05, 0.1) is 76.5 Å². The Kier molecular flexibility index (Phi) is 16.8. The molecule has 0 radical (unpaired) electrons. The lowest BCUT2D eigenvalue weighted by atomic mass is 9.93. The van der Waals surface area contributed by atoms with E-state index in [4.69, 9.17) is 56.3 Å². The first-order chi connectivity index (χ1) is 38.9. The highest BCUT2D eigenvalue weighted by molar-refractivity contribution is 6.26. The number of hydrogen-bond donors (Lipinski definition) is 8. The van der Waals surface area contributed by atoms with Gasteiger partial charge in [-0.05, 0) is 111 Å². The summed E-state index contributed by atoms with van der Waals surface area (Å²) in [6.07, 6.45) is 1.74. The van der Waals surface area contributed by atoms with Gasteiger partial charge in [0.1, 0.15) is 45.6 Å². The highest BCUT2D eigenvalue weighted by Crippen LogP contribution is 2.48. The average molecular weight is 1110 g/mol. The molecule has 420 valence electrons. The van der Waals surface area contributed by atoms with Crippen LogP contribution in [-0.4, -0.2) is 129 Å². The molecular weight excluding hydrogens is 1050 g/mol. The van der Waals surface area contributed by atoms with Crippen molar-refractivity contribution in [1.29, 1.82) is 0 Å². The van der Waals surface area contributed by atoms with Crippen molar-refractivity contribution in [3.8, 4) is 73.8 Å². The van der Waals surface area contributed by atoms with Crippen LogP contribution < -0.4 is 57.8 Å². The van der Waals surface area contributed by atoms with E-state index in [1.165, 1.54) is 66.9 Å². The second-order valence-corrected chi connectivity index (χ2v) is 18.4. The lowest BCUT2D eigenvalue weighted by Gasteiger charge is -2.21. The van der Waals surface area contributed by atoms with E-state index >= 15 is 0 Å². The summed E-state index contributed by atoms with van der Waals surface area (Å²) in [7, 11) is 8.22. The van der Waals surface area contributed by atoms with Crippen LogP contribution in [0.5, 0.6) is 28.7 Å². The van der Waals surface area contributed by atoms with Crippen LogP contribution in [0.15, 0.2) is 77.5 Å². The Labute approximate surface area is 464 Å². The number of aromatic hydroxyl groups is 1. The van der Waals surface area contributed by atoms with Crippen molar-refractivity contribution in [3.05, 3.63) is 123 Å². The monoisotopic (exact) mass is 1110 g/mol. The summed E-state index contributed by atoms with van der Waals surface area (Å²) in [4.78, 5) is 99.3. The second kappa shape index (κ2) is 23.9. The number of hydrogen-bond acceptors (Lipinski definition) is 22. The molecule has 0 aliphatic heterocycles. The molecule has 8 rings (SSSR count). The van der Waals surface area contributed by atoms with Crippen LogP contribution in [0.2, 0.25) is 0 Å². The van der Waals surface area contributed by atoms with E-state index in [1.807, 2.05) is 0 Å². The molecule has 2 aliphatic rings. The van der Waals surface area contributed by atoms with Gasteiger partial charge in [-0.1, -0.05) is 6.07 Å². The van der Waals surface area contributed by atoms with E-state index in [1.54, 1.807) is 44.2 Å². The number of phenolic OH excluding ortho intramolecular Hbond substituents is 1. The number of nitrogens with two attached hydrogens (primary N) is 4. The zero-order valence-electron chi connectivity index (χ0n) is 45.6. The number of phenols is 1. The van der Waals surface area contributed by atoms with Gasteiger partial charge in [-0.2, -0.15) is 0 Å². The fraction of sp³-hybridized carbons (Fsp3) is 0.263. The number of rotatable bonds is 21. The van der Waals surface area contributed by atoms with Crippen molar-refractivity contribution in [1.82, 2.24) is 35.9 Å². The minimum absolute atomic E-state index is 0.00441. The average Bonchev–Trinajstić information content (AvgIpc) is 3.52. The molecule has 0 saturated carbocycles. The number of ketones is 4. The fourth-order valence-corrected chi connectivity index (χ4v) is 9.58. The highest BCUT2D eigenvalue weighted by Gasteiger charge is 2.36. The second-order valence-electron chi connectivity index (χ2n) is 18.4. The van der Waals surface area contributed by atoms with Crippen LogP contribution in [0.3, 0.4) is 0 Å². The lowest BCUT2D eigenvalue weighted by Crippen LogP contribution is -2.30. The summed E-state index contributed by atoms with van der Waals surface area (Å²) in [5.41, 5.74) is 26.8. The number of methoxy groups -OCH3 is 6. The lowest BCUT2D eigenvalue weighted by molar-refractivity contribution is 0.0901. The zero-order chi connectivity index (χ0) is 58.6. The smallest absolute Gasteiger partial charge is 0.270 e. The predicted molar refractivity (Wildman–Crippen MR) is 297 cm³/mol. The van der Waals surface area contributed by atoms with Crippen LogP contribution in [0.25, 0.3) is 45.0 Å². The number of nitrogens with zero attached hydrogens (tertiary/aromatic N) is 4. The number of nitrogen functional groups attached to an aromatic ring is 2. The molecule has 81 heavy (non-hydrogen) atoms.